The van der Waals surface area contributed by atoms with Crippen LogP contribution in [-0.4, -0.2) is 48.3 Å². The highest BCUT2D eigenvalue weighted by atomic mass is 35.5. The van der Waals surface area contributed by atoms with Crippen molar-refractivity contribution in [2.45, 2.75) is 71.8 Å². The Morgan fingerprint density at radius 1 is 1.18 bits per heavy atom. The van der Waals surface area contributed by atoms with Crippen LogP contribution in [0.3, 0.4) is 0 Å². The van der Waals surface area contributed by atoms with Gasteiger partial charge in [0, 0.05) is 24.0 Å². The molecule has 0 aliphatic carbocycles. The number of ether oxygens (including phenoxy) is 1. The molecule has 0 N–H and O–H groups in total. The van der Waals surface area contributed by atoms with Crippen molar-refractivity contribution in [1.82, 2.24) is 4.90 Å². The molecule has 1 atom stereocenters. The number of halogens is 1. The van der Waals surface area contributed by atoms with Gasteiger partial charge >= 0.3 is 5.97 Å². The predicted molar refractivity (Wildman–Crippen MR) is 135 cm³/mol. The van der Waals surface area contributed by atoms with E-state index in [9.17, 15) is 9.59 Å². The summed E-state index contributed by atoms with van der Waals surface area (Å²) in [5, 5.41) is 4.81. The lowest BCUT2D eigenvalue weighted by Crippen LogP contribution is -2.43. The summed E-state index contributed by atoms with van der Waals surface area (Å²) in [5.41, 5.74) is 3.42. The molecule has 1 unspecified atom stereocenters. The van der Waals surface area contributed by atoms with Gasteiger partial charge in [0.2, 0.25) is 0 Å². The fraction of sp³-hybridized carbons (Fsp3) is 0.519. The van der Waals surface area contributed by atoms with Crippen molar-refractivity contribution >= 4 is 29.2 Å². The number of oxime groups is 1. The molecule has 1 saturated heterocycles. The third-order valence-electron chi connectivity index (χ3n) is 6.29. The number of benzene rings is 1. The lowest BCUT2D eigenvalue weighted by Gasteiger charge is -2.32. The number of carbonyl (C=O) groups is 2. The van der Waals surface area contributed by atoms with E-state index in [2.05, 4.69) is 18.2 Å². The predicted octanol–water partition coefficient (Wildman–Crippen LogP) is 5.73. The molecule has 0 spiro atoms. The van der Waals surface area contributed by atoms with Crippen molar-refractivity contribution in [3.8, 4) is 0 Å². The van der Waals surface area contributed by atoms with Crippen LogP contribution in [0.1, 0.15) is 72.5 Å². The molecule has 2 aliphatic rings. The lowest BCUT2D eigenvalue weighted by atomic mass is 9.94. The summed E-state index contributed by atoms with van der Waals surface area (Å²) in [4.78, 5) is 33.0. The van der Waals surface area contributed by atoms with Gasteiger partial charge in [-0.2, -0.15) is 0 Å². The van der Waals surface area contributed by atoms with Gasteiger partial charge in [0.05, 0.1) is 17.9 Å². The van der Waals surface area contributed by atoms with Gasteiger partial charge in [0.15, 0.2) is 6.61 Å². The second kappa shape index (κ2) is 12.7. The van der Waals surface area contributed by atoms with Crippen molar-refractivity contribution in [2.24, 2.45) is 5.16 Å². The Morgan fingerprint density at radius 3 is 2.74 bits per heavy atom. The lowest BCUT2D eigenvalue weighted by molar-refractivity contribution is -0.139. The number of esters is 1. The summed E-state index contributed by atoms with van der Waals surface area (Å²) in [5.74, 6) is -0.446. The molecule has 0 saturated carbocycles. The number of piperidine rings is 1. The van der Waals surface area contributed by atoms with E-state index in [1.54, 1.807) is 0 Å². The summed E-state index contributed by atoms with van der Waals surface area (Å²) in [6.07, 6.45) is 13.9. The number of amides is 1. The monoisotopic (exact) mass is 486 g/mol. The molecule has 3 rings (SSSR count). The number of fused-ring (bicyclic) bond motifs is 1. The summed E-state index contributed by atoms with van der Waals surface area (Å²) in [7, 11) is 0. The average Bonchev–Trinajstić information content (AvgIpc) is 2.80. The number of hydrogen-bond acceptors (Lipinski definition) is 5. The van der Waals surface area contributed by atoms with E-state index in [1.165, 1.54) is 0 Å². The summed E-state index contributed by atoms with van der Waals surface area (Å²) in [6, 6.07) is 2.12. The summed E-state index contributed by atoms with van der Waals surface area (Å²) in [6.45, 7) is 6.83. The molecule has 0 bridgehead atoms. The van der Waals surface area contributed by atoms with Gasteiger partial charge in [0.25, 0.3) is 5.91 Å². The van der Waals surface area contributed by atoms with Crippen LogP contribution in [0.5, 0.6) is 0 Å². The third kappa shape index (κ3) is 6.95. The molecular weight excluding hydrogens is 452 g/mol. The summed E-state index contributed by atoms with van der Waals surface area (Å²) >= 11 is 6.67. The fourth-order valence-corrected chi connectivity index (χ4v) is 4.68. The van der Waals surface area contributed by atoms with E-state index in [0.29, 0.717) is 41.3 Å². The highest BCUT2D eigenvalue weighted by molar-refractivity contribution is 6.33. The Balaban J connectivity index is 1.86. The van der Waals surface area contributed by atoms with Crippen molar-refractivity contribution in [1.29, 1.82) is 0 Å². The zero-order valence-corrected chi connectivity index (χ0v) is 21.2. The van der Waals surface area contributed by atoms with Gasteiger partial charge in [-0.25, -0.2) is 4.79 Å². The van der Waals surface area contributed by atoms with Gasteiger partial charge < -0.3 is 14.5 Å². The van der Waals surface area contributed by atoms with E-state index in [-0.39, 0.29) is 18.6 Å². The van der Waals surface area contributed by atoms with Gasteiger partial charge in [-0.15, -0.1) is 0 Å². The van der Waals surface area contributed by atoms with Gasteiger partial charge in [0.1, 0.15) is 0 Å². The third-order valence-corrected chi connectivity index (χ3v) is 6.82. The normalized spacial score (nSPS) is 22.0. The van der Waals surface area contributed by atoms with Gasteiger partial charge in [-0.3, -0.25) is 4.79 Å². The van der Waals surface area contributed by atoms with Crippen LogP contribution in [0.2, 0.25) is 5.02 Å². The van der Waals surface area contributed by atoms with Crippen LogP contribution in [0.4, 0.5) is 0 Å². The first kappa shape index (κ1) is 26.0. The van der Waals surface area contributed by atoms with Crippen molar-refractivity contribution in [2.75, 3.05) is 19.8 Å². The number of hydrogen-bond donors (Lipinski definition) is 0. The zero-order valence-electron chi connectivity index (χ0n) is 20.4. The number of allylic oxidation sites excluding steroid dienone is 3. The van der Waals surface area contributed by atoms with Crippen molar-refractivity contribution < 1.29 is 19.2 Å². The topological polar surface area (TPSA) is 68.2 Å². The molecule has 34 heavy (non-hydrogen) atoms. The Labute approximate surface area is 207 Å². The molecule has 2 heterocycles. The van der Waals surface area contributed by atoms with Gasteiger partial charge in [-0.1, -0.05) is 41.1 Å². The van der Waals surface area contributed by atoms with E-state index in [0.717, 1.165) is 49.8 Å². The molecule has 2 aliphatic heterocycles. The fourth-order valence-electron chi connectivity index (χ4n) is 4.46. The van der Waals surface area contributed by atoms with Crippen LogP contribution in [0.15, 0.2) is 35.5 Å². The van der Waals surface area contributed by atoms with E-state index >= 15 is 0 Å². The van der Waals surface area contributed by atoms with E-state index < -0.39 is 5.97 Å². The average molecular weight is 487 g/mol. The van der Waals surface area contributed by atoms with Crippen molar-refractivity contribution in [3.63, 3.8) is 0 Å². The Morgan fingerprint density at radius 2 is 1.94 bits per heavy atom. The van der Waals surface area contributed by atoms with Crippen LogP contribution < -0.4 is 0 Å². The maximum atomic E-state index is 12.9. The first-order valence-electron chi connectivity index (χ1n) is 12.1. The quantitative estimate of drug-likeness (QED) is 0.311. The van der Waals surface area contributed by atoms with Crippen LogP contribution in [0, 0.1) is 13.8 Å². The zero-order chi connectivity index (χ0) is 24.5. The summed E-state index contributed by atoms with van der Waals surface area (Å²) < 4.78 is 5.53. The molecule has 7 heteroatoms. The highest BCUT2D eigenvalue weighted by Gasteiger charge is 2.24. The van der Waals surface area contributed by atoms with Crippen LogP contribution >= 0.6 is 11.6 Å². The SMILES string of the molecule is Cc1cc(C)c2c(c1Cl)CC(=NOCC(=O)N1CCCCC1C)C=CCC/C=C/CCOC2=O. The number of carbonyl (C=O) groups excluding carboxylic acids is 2. The Kier molecular flexibility index (Phi) is 9.75. The Hall–Kier alpha value is -2.60. The number of aryl methyl sites for hydroxylation is 2. The number of rotatable bonds is 3. The van der Waals surface area contributed by atoms with E-state index in [4.69, 9.17) is 21.2 Å². The highest BCUT2D eigenvalue weighted by Crippen LogP contribution is 2.29. The molecule has 6 nitrogen and oxygen atoms in total. The maximum Gasteiger partial charge on any atom is 0.338 e. The molecule has 1 fully saturated rings. The first-order chi connectivity index (χ1) is 16.4. The minimum Gasteiger partial charge on any atom is -0.462 e. The van der Waals surface area contributed by atoms with Crippen LogP contribution in [0.25, 0.3) is 0 Å². The largest absolute Gasteiger partial charge is 0.462 e. The molecule has 1 aromatic carbocycles. The second-order valence-corrected chi connectivity index (χ2v) is 9.40. The molecule has 1 aromatic rings. The van der Waals surface area contributed by atoms with Crippen LogP contribution in [-0.2, 0) is 20.8 Å². The Bertz CT molecular complexity index is 983. The second-order valence-electron chi connectivity index (χ2n) is 9.02. The number of likely N-dealkylation sites (tertiary alicyclic amines) is 1. The molecule has 1 amide bonds. The first-order valence-corrected chi connectivity index (χ1v) is 12.5. The number of cyclic esters (lactones) is 1. The molecule has 0 radical (unpaired) electrons. The standard InChI is InChI=1S/C27H35ClN2O4/c1-19-16-20(2)26(28)23-17-22(29-34-18-24(31)30-14-10-9-12-21(30)3)13-8-6-4-5-7-11-15-33-27(32)25(19)23/h5,7-8,13,16,21H,4,6,9-12,14-15,17-18H2,1-3H3/b7-5+,13-8?,29-22?. The minimum atomic E-state index is -0.390. The van der Waals surface area contributed by atoms with Crippen molar-refractivity contribution in [3.05, 3.63) is 57.6 Å². The van der Waals surface area contributed by atoms with Gasteiger partial charge in [-0.05, 0) is 82.1 Å². The minimum absolute atomic E-state index is 0.0553. The maximum absolute atomic E-state index is 12.9. The smallest absolute Gasteiger partial charge is 0.338 e. The number of nitrogens with zero attached hydrogens (tertiary/aromatic N) is 2. The molecule has 184 valence electrons. The molecular formula is C27H35ClN2O4. The van der Waals surface area contributed by atoms with E-state index in [1.807, 2.05) is 43.0 Å². The molecule has 0 aromatic heterocycles.